The summed E-state index contributed by atoms with van der Waals surface area (Å²) in [6, 6.07) is 7.74. The van der Waals surface area contributed by atoms with Gasteiger partial charge in [0.25, 0.3) is 0 Å². The summed E-state index contributed by atoms with van der Waals surface area (Å²) in [5.41, 5.74) is 2.81. The van der Waals surface area contributed by atoms with E-state index in [-0.39, 0.29) is 5.56 Å². The van der Waals surface area contributed by atoms with E-state index in [1.165, 1.54) is 0 Å². The average molecular weight is 324 g/mol. The first-order chi connectivity index (χ1) is 11.8. The summed E-state index contributed by atoms with van der Waals surface area (Å²) in [4.78, 5) is 21.8. The third kappa shape index (κ3) is 2.59. The molecular weight excluding hydrogens is 304 g/mol. The monoisotopic (exact) mass is 324 g/mol. The Morgan fingerprint density at radius 1 is 1.25 bits per heavy atom. The average Bonchev–Trinajstić information content (AvgIpc) is 3.05. The quantitative estimate of drug-likeness (QED) is 0.802. The van der Waals surface area contributed by atoms with Crippen molar-refractivity contribution in [2.75, 3.05) is 31.2 Å². The molecule has 1 saturated heterocycles. The van der Waals surface area contributed by atoms with Crippen LogP contribution in [0.25, 0.3) is 22.2 Å². The number of aryl methyl sites for hydroxylation is 1. The zero-order valence-electron chi connectivity index (χ0n) is 13.7. The van der Waals surface area contributed by atoms with Crippen molar-refractivity contribution in [3.05, 3.63) is 47.0 Å². The Kier molecular flexibility index (Phi) is 3.82. The number of hydrogen-bond donors (Lipinski definition) is 1. The first-order valence-corrected chi connectivity index (χ1v) is 8.27. The number of fused-ring (bicyclic) bond motifs is 1. The molecule has 0 amide bonds. The van der Waals surface area contributed by atoms with Gasteiger partial charge in [0.15, 0.2) is 0 Å². The fourth-order valence-electron chi connectivity index (χ4n) is 3.26. The Balaban J connectivity index is 1.83. The molecule has 6 heteroatoms. The maximum absolute atomic E-state index is 12.2. The Morgan fingerprint density at radius 3 is 2.88 bits per heavy atom. The van der Waals surface area contributed by atoms with Crippen molar-refractivity contribution in [3.8, 4) is 11.1 Å². The van der Waals surface area contributed by atoms with Crippen molar-refractivity contribution >= 4 is 16.9 Å². The molecule has 0 bridgehead atoms. The second-order valence-corrected chi connectivity index (χ2v) is 5.92. The predicted molar refractivity (Wildman–Crippen MR) is 94.5 cm³/mol. The van der Waals surface area contributed by atoms with Crippen LogP contribution in [0.2, 0.25) is 0 Å². The van der Waals surface area contributed by atoms with Crippen molar-refractivity contribution < 1.29 is 4.74 Å². The molecule has 0 spiro atoms. The van der Waals surface area contributed by atoms with Crippen molar-refractivity contribution in [1.29, 1.82) is 0 Å². The lowest BCUT2D eigenvalue weighted by Crippen LogP contribution is -2.37. The maximum atomic E-state index is 12.2. The minimum Gasteiger partial charge on any atom is -0.378 e. The Hall–Kier alpha value is -2.60. The summed E-state index contributed by atoms with van der Waals surface area (Å²) >= 11 is 0. The summed E-state index contributed by atoms with van der Waals surface area (Å²) in [5, 5.41) is 1.07. The van der Waals surface area contributed by atoms with E-state index in [1.54, 1.807) is 12.3 Å². The zero-order valence-corrected chi connectivity index (χ0v) is 13.7. The molecular formula is C18H20N4O2. The van der Waals surface area contributed by atoms with Gasteiger partial charge in [0, 0.05) is 43.5 Å². The molecule has 0 saturated carbocycles. The highest BCUT2D eigenvalue weighted by Gasteiger charge is 2.15. The van der Waals surface area contributed by atoms with Crippen LogP contribution < -0.4 is 10.5 Å². The van der Waals surface area contributed by atoms with E-state index in [9.17, 15) is 4.79 Å². The Labute approximate surface area is 139 Å². The van der Waals surface area contributed by atoms with Crippen LogP contribution in [0.4, 0.5) is 5.82 Å². The molecule has 0 aromatic carbocycles. The van der Waals surface area contributed by atoms with E-state index >= 15 is 0 Å². The first-order valence-electron chi connectivity index (χ1n) is 8.27. The van der Waals surface area contributed by atoms with Crippen LogP contribution in [0.3, 0.4) is 0 Å². The number of rotatable bonds is 3. The van der Waals surface area contributed by atoms with Crippen molar-refractivity contribution in [1.82, 2.24) is 14.5 Å². The standard InChI is InChI=1S/C18H20N4O2/c1-2-21-6-4-15-14(3-5-19-18(15)21)13-11-16(20-17(23)12-13)22-7-9-24-10-8-22/h3-6,11-12H,2,7-10H2,1H3,(H,20,23). The van der Waals surface area contributed by atoms with Gasteiger partial charge in [-0.3, -0.25) is 4.79 Å². The number of aromatic nitrogens is 3. The number of ether oxygens (including phenoxy) is 1. The highest BCUT2D eigenvalue weighted by molar-refractivity contribution is 5.93. The molecule has 1 fully saturated rings. The minimum absolute atomic E-state index is 0.0890. The lowest BCUT2D eigenvalue weighted by molar-refractivity contribution is 0.122. The van der Waals surface area contributed by atoms with Gasteiger partial charge in [-0.05, 0) is 36.2 Å². The van der Waals surface area contributed by atoms with Gasteiger partial charge < -0.3 is 19.2 Å². The van der Waals surface area contributed by atoms with Gasteiger partial charge in [-0.15, -0.1) is 0 Å². The van der Waals surface area contributed by atoms with Crippen LogP contribution in [-0.2, 0) is 11.3 Å². The molecule has 0 unspecified atom stereocenters. The summed E-state index contributed by atoms with van der Waals surface area (Å²) in [6.45, 7) is 5.91. The summed E-state index contributed by atoms with van der Waals surface area (Å²) in [5.74, 6) is 0.848. The fraction of sp³-hybridized carbons (Fsp3) is 0.333. The highest BCUT2D eigenvalue weighted by atomic mass is 16.5. The molecule has 124 valence electrons. The molecule has 1 aliphatic heterocycles. The number of nitrogens with zero attached hydrogens (tertiary/aromatic N) is 3. The van der Waals surface area contributed by atoms with Gasteiger partial charge in [0.1, 0.15) is 11.5 Å². The molecule has 6 nitrogen and oxygen atoms in total. The van der Waals surface area contributed by atoms with E-state index in [0.29, 0.717) is 13.2 Å². The summed E-state index contributed by atoms with van der Waals surface area (Å²) < 4.78 is 7.50. The normalized spacial score (nSPS) is 15.1. The smallest absolute Gasteiger partial charge is 0.250 e. The number of morpholine rings is 1. The largest absolute Gasteiger partial charge is 0.378 e. The molecule has 3 aromatic rings. The number of H-pyrrole nitrogens is 1. The maximum Gasteiger partial charge on any atom is 0.250 e. The fourth-order valence-corrected chi connectivity index (χ4v) is 3.26. The number of aromatic amines is 1. The van der Waals surface area contributed by atoms with Crippen LogP contribution in [0.15, 0.2) is 41.5 Å². The summed E-state index contributed by atoms with van der Waals surface area (Å²) in [6.07, 6.45) is 3.84. The van der Waals surface area contributed by atoms with Gasteiger partial charge in [-0.1, -0.05) is 0 Å². The van der Waals surface area contributed by atoms with Crippen molar-refractivity contribution in [3.63, 3.8) is 0 Å². The number of hydrogen-bond acceptors (Lipinski definition) is 4. The predicted octanol–water partition coefficient (Wildman–Crippen LogP) is 2.25. The van der Waals surface area contributed by atoms with Crippen LogP contribution in [0.1, 0.15) is 6.92 Å². The van der Waals surface area contributed by atoms with Crippen LogP contribution >= 0.6 is 0 Å². The van der Waals surface area contributed by atoms with E-state index in [2.05, 4.69) is 32.4 Å². The van der Waals surface area contributed by atoms with Gasteiger partial charge in [0.2, 0.25) is 5.56 Å². The van der Waals surface area contributed by atoms with Gasteiger partial charge >= 0.3 is 0 Å². The van der Waals surface area contributed by atoms with E-state index in [4.69, 9.17) is 4.74 Å². The number of anilines is 1. The van der Waals surface area contributed by atoms with Gasteiger partial charge in [0.05, 0.1) is 13.2 Å². The Bertz CT molecular complexity index is 922. The molecule has 0 radical (unpaired) electrons. The number of pyridine rings is 2. The van der Waals surface area contributed by atoms with Crippen molar-refractivity contribution in [2.24, 2.45) is 0 Å². The minimum atomic E-state index is -0.0890. The van der Waals surface area contributed by atoms with Crippen LogP contribution in [-0.4, -0.2) is 40.8 Å². The lowest BCUT2D eigenvalue weighted by atomic mass is 10.0. The van der Waals surface area contributed by atoms with E-state index in [0.717, 1.165) is 47.6 Å². The number of nitrogens with one attached hydrogen (secondary N) is 1. The van der Waals surface area contributed by atoms with E-state index in [1.807, 2.05) is 18.3 Å². The molecule has 4 heterocycles. The Morgan fingerprint density at radius 2 is 2.08 bits per heavy atom. The third-order valence-corrected chi connectivity index (χ3v) is 4.50. The van der Waals surface area contributed by atoms with Crippen LogP contribution in [0, 0.1) is 0 Å². The van der Waals surface area contributed by atoms with Gasteiger partial charge in [-0.25, -0.2) is 4.98 Å². The second kappa shape index (κ2) is 6.13. The van der Waals surface area contributed by atoms with E-state index < -0.39 is 0 Å². The SMILES string of the molecule is CCn1ccc2c(-c3cc(N4CCOCC4)[nH]c(=O)c3)ccnc21. The molecule has 1 aliphatic rings. The molecule has 0 aliphatic carbocycles. The molecule has 4 rings (SSSR count). The summed E-state index contributed by atoms with van der Waals surface area (Å²) in [7, 11) is 0. The first kappa shape index (κ1) is 15.0. The molecule has 3 aromatic heterocycles. The van der Waals surface area contributed by atoms with Crippen molar-refractivity contribution in [2.45, 2.75) is 13.5 Å². The molecule has 1 N–H and O–H groups in total. The second-order valence-electron chi connectivity index (χ2n) is 5.92. The topological polar surface area (TPSA) is 63.1 Å². The van der Waals surface area contributed by atoms with Crippen LogP contribution in [0.5, 0.6) is 0 Å². The highest BCUT2D eigenvalue weighted by Crippen LogP contribution is 2.29. The zero-order chi connectivity index (χ0) is 16.5. The van der Waals surface area contributed by atoms with Gasteiger partial charge in [-0.2, -0.15) is 0 Å². The lowest BCUT2D eigenvalue weighted by Gasteiger charge is -2.28. The molecule has 24 heavy (non-hydrogen) atoms. The third-order valence-electron chi connectivity index (χ3n) is 4.50. The molecule has 0 atom stereocenters.